The molecule has 0 spiro atoms. The Labute approximate surface area is 85.1 Å². The van der Waals surface area contributed by atoms with E-state index in [0.29, 0.717) is 0 Å². The molecule has 0 aliphatic heterocycles. The van der Waals surface area contributed by atoms with Crippen molar-refractivity contribution >= 4 is 23.2 Å². The van der Waals surface area contributed by atoms with Gasteiger partial charge in [0.2, 0.25) is 5.91 Å². The summed E-state index contributed by atoms with van der Waals surface area (Å²) >= 11 is 5.24. The average Bonchev–Trinajstić information content (AvgIpc) is 2.16. The van der Waals surface area contributed by atoms with Crippen molar-refractivity contribution in [2.24, 2.45) is 0 Å². The van der Waals surface area contributed by atoms with E-state index >= 15 is 0 Å². The lowest BCUT2D eigenvalue weighted by molar-refractivity contribution is -0.113. The number of nitriles is 1. The van der Waals surface area contributed by atoms with Crippen molar-refractivity contribution in [1.29, 1.82) is 5.26 Å². The molecule has 0 bridgehead atoms. The second-order valence-corrected chi connectivity index (χ2v) is 2.79. The van der Waals surface area contributed by atoms with Crippen LogP contribution < -0.4 is 5.32 Å². The number of alkyl halides is 1. The molecule has 0 aromatic heterocycles. The van der Waals surface area contributed by atoms with Crippen LogP contribution in [0.4, 0.5) is 10.1 Å². The number of anilines is 1. The zero-order valence-electron chi connectivity index (χ0n) is 7.05. The third-order valence-electron chi connectivity index (χ3n) is 1.43. The summed E-state index contributed by atoms with van der Waals surface area (Å²) < 4.78 is 12.8. The standard InChI is InChI=1S/C9H6ClFN2O/c10-4-9(14)13-8-2-6(5-12)1-7(11)3-8/h1-3H,4H2,(H,13,14). The first-order valence-corrected chi connectivity index (χ1v) is 4.25. The Bertz CT molecular complexity index is 400. The summed E-state index contributed by atoms with van der Waals surface area (Å²) in [6.45, 7) is 0. The number of rotatable bonds is 2. The lowest BCUT2D eigenvalue weighted by Crippen LogP contribution is -2.12. The molecule has 0 saturated heterocycles. The van der Waals surface area contributed by atoms with Gasteiger partial charge in [-0.05, 0) is 18.2 Å². The maximum Gasteiger partial charge on any atom is 0.239 e. The molecule has 14 heavy (non-hydrogen) atoms. The Kier molecular flexibility index (Phi) is 3.43. The minimum atomic E-state index is -0.575. The summed E-state index contributed by atoms with van der Waals surface area (Å²) in [5, 5.41) is 10.9. The van der Waals surface area contributed by atoms with Gasteiger partial charge < -0.3 is 5.32 Å². The fourth-order valence-corrected chi connectivity index (χ4v) is 0.988. The largest absolute Gasteiger partial charge is 0.325 e. The lowest BCUT2D eigenvalue weighted by Gasteiger charge is -2.02. The first-order chi connectivity index (χ1) is 6.65. The summed E-state index contributed by atoms with van der Waals surface area (Å²) in [4.78, 5) is 10.8. The van der Waals surface area contributed by atoms with Crippen LogP contribution >= 0.6 is 11.6 Å². The van der Waals surface area contributed by atoms with E-state index in [1.54, 1.807) is 6.07 Å². The predicted molar refractivity (Wildman–Crippen MR) is 50.5 cm³/mol. The molecular weight excluding hydrogens is 207 g/mol. The average molecular weight is 213 g/mol. The molecule has 0 atom stereocenters. The number of carbonyl (C=O) groups is 1. The van der Waals surface area contributed by atoms with Crippen LogP contribution in [-0.4, -0.2) is 11.8 Å². The maximum atomic E-state index is 12.8. The first kappa shape index (κ1) is 10.5. The van der Waals surface area contributed by atoms with Gasteiger partial charge in [-0.25, -0.2) is 4.39 Å². The second-order valence-electron chi connectivity index (χ2n) is 2.52. The molecule has 1 N–H and O–H groups in total. The summed E-state index contributed by atoms with van der Waals surface area (Å²) in [5.41, 5.74) is 0.377. The van der Waals surface area contributed by atoms with Gasteiger partial charge in [0.1, 0.15) is 11.7 Å². The molecule has 5 heteroatoms. The topological polar surface area (TPSA) is 52.9 Å². The third kappa shape index (κ3) is 2.71. The normalized spacial score (nSPS) is 9.21. The molecule has 0 fully saturated rings. The van der Waals surface area contributed by atoms with E-state index in [1.807, 2.05) is 0 Å². The molecule has 3 nitrogen and oxygen atoms in total. The fraction of sp³-hybridized carbons (Fsp3) is 0.111. The van der Waals surface area contributed by atoms with Gasteiger partial charge in [-0.2, -0.15) is 5.26 Å². The van der Waals surface area contributed by atoms with Gasteiger partial charge in [0.15, 0.2) is 0 Å². The highest BCUT2D eigenvalue weighted by Gasteiger charge is 2.03. The van der Waals surface area contributed by atoms with Gasteiger partial charge >= 0.3 is 0 Å². The van der Waals surface area contributed by atoms with Gasteiger partial charge in [0.25, 0.3) is 0 Å². The molecule has 1 aromatic carbocycles. The highest BCUT2D eigenvalue weighted by Crippen LogP contribution is 2.13. The monoisotopic (exact) mass is 212 g/mol. The SMILES string of the molecule is N#Cc1cc(F)cc(NC(=O)CCl)c1. The molecule has 0 radical (unpaired) electrons. The Morgan fingerprint density at radius 2 is 2.29 bits per heavy atom. The van der Waals surface area contributed by atoms with Gasteiger partial charge in [-0.3, -0.25) is 4.79 Å². The van der Waals surface area contributed by atoms with Crippen LogP contribution in [-0.2, 0) is 4.79 Å². The molecule has 72 valence electrons. The Hall–Kier alpha value is -1.60. The van der Waals surface area contributed by atoms with Crippen molar-refractivity contribution in [3.05, 3.63) is 29.6 Å². The molecule has 0 aliphatic rings. The van der Waals surface area contributed by atoms with E-state index in [2.05, 4.69) is 5.32 Å². The van der Waals surface area contributed by atoms with Crippen molar-refractivity contribution in [2.45, 2.75) is 0 Å². The number of carbonyl (C=O) groups excluding carboxylic acids is 1. The number of nitrogens with zero attached hydrogens (tertiary/aromatic N) is 1. The quantitative estimate of drug-likeness (QED) is 0.761. The van der Waals surface area contributed by atoms with Crippen LogP contribution in [0.25, 0.3) is 0 Å². The number of amides is 1. The highest BCUT2D eigenvalue weighted by atomic mass is 35.5. The Morgan fingerprint density at radius 1 is 1.57 bits per heavy atom. The van der Waals surface area contributed by atoms with Crippen LogP contribution in [0.5, 0.6) is 0 Å². The third-order valence-corrected chi connectivity index (χ3v) is 1.67. The van der Waals surface area contributed by atoms with Crippen LogP contribution in [0.3, 0.4) is 0 Å². The van der Waals surface area contributed by atoms with E-state index in [0.717, 1.165) is 12.1 Å². The first-order valence-electron chi connectivity index (χ1n) is 3.72. The van der Waals surface area contributed by atoms with Crippen LogP contribution in [0, 0.1) is 17.1 Å². The Morgan fingerprint density at radius 3 is 2.86 bits per heavy atom. The van der Waals surface area contributed by atoms with E-state index in [-0.39, 0.29) is 17.1 Å². The minimum absolute atomic E-state index is 0.148. The molecular formula is C9H6ClFN2O. The molecule has 1 aromatic rings. The van der Waals surface area contributed by atoms with Crippen LogP contribution in [0.15, 0.2) is 18.2 Å². The van der Waals surface area contributed by atoms with Gasteiger partial charge in [0, 0.05) is 5.69 Å². The zero-order chi connectivity index (χ0) is 10.6. The Balaban J connectivity index is 2.93. The summed E-state index contributed by atoms with van der Waals surface area (Å²) in [5.74, 6) is -1.23. The van der Waals surface area contributed by atoms with Crippen molar-refractivity contribution in [2.75, 3.05) is 11.2 Å². The van der Waals surface area contributed by atoms with Gasteiger partial charge in [0.05, 0.1) is 11.6 Å². The summed E-state index contributed by atoms with van der Waals surface area (Å²) in [6.07, 6.45) is 0. The highest BCUT2D eigenvalue weighted by molar-refractivity contribution is 6.29. The predicted octanol–water partition coefficient (Wildman–Crippen LogP) is 1.87. The summed E-state index contributed by atoms with van der Waals surface area (Å²) in [7, 11) is 0. The molecule has 0 heterocycles. The van der Waals surface area contributed by atoms with Gasteiger partial charge in [-0.15, -0.1) is 11.6 Å². The van der Waals surface area contributed by atoms with E-state index in [9.17, 15) is 9.18 Å². The number of hydrogen-bond donors (Lipinski definition) is 1. The lowest BCUT2D eigenvalue weighted by atomic mass is 10.2. The van der Waals surface area contributed by atoms with Gasteiger partial charge in [-0.1, -0.05) is 0 Å². The zero-order valence-corrected chi connectivity index (χ0v) is 7.81. The molecule has 1 rings (SSSR count). The smallest absolute Gasteiger partial charge is 0.239 e. The number of hydrogen-bond acceptors (Lipinski definition) is 2. The number of halogens is 2. The molecule has 0 unspecified atom stereocenters. The minimum Gasteiger partial charge on any atom is -0.325 e. The number of benzene rings is 1. The molecule has 1 amide bonds. The summed E-state index contributed by atoms with van der Waals surface area (Å²) in [6, 6.07) is 5.34. The van der Waals surface area contributed by atoms with Crippen molar-refractivity contribution in [1.82, 2.24) is 0 Å². The van der Waals surface area contributed by atoms with Crippen LogP contribution in [0.2, 0.25) is 0 Å². The molecule has 0 aliphatic carbocycles. The van der Waals surface area contributed by atoms with E-state index in [4.69, 9.17) is 16.9 Å². The van der Waals surface area contributed by atoms with E-state index in [1.165, 1.54) is 6.07 Å². The van der Waals surface area contributed by atoms with Crippen molar-refractivity contribution < 1.29 is 9.18 Å². The van der Waals surface area contributed by atoms with Crippen LogP contribution in [0.1, 0.15) is 5.56 Å². The molecule has 0 saturated carbocycles. The van der Waals surface area contributed by atoms with Crippen molar-refractivity contribution in [3.8, 4) is 6.07 Å². The fourth-order valence-electron chi connectivity index (χ4n) is 0.921. The number of nitrogens with one attached hydrogen (secondary N) is 1. The van der Waals surface area contributed by atoms with E-state index < -0.39 is 11.7 Å². The maximum absolute atomic E-state index is 12.8. The second kappa shape index (κ2) is 4.58. The van der Waals surface area contributed by atoms with Crippen molar-refractivity contribution in [3.63, 3.8) is 0 Å².